The number of halogens is 3. The van der Waals surface area contributed by atoms with Crippen LogP contribution >= 0.6 is 15.9 Å². The van der Waals surface area contributed by atoms with Gasteiger partial charge in [-0.25, -0.2) is 21.9 Å². The van der Waals surface area contributed by atoms with Gasteiger partial charge in [0.1, 0.15) is 12.4 Å². The topological polar surface area (TPSA) is 82.5 Å². The molecule has 12 heteroatoms. The van der Waals surface area contributed by atoms with Crippen molar-refractivity contribution in [2.24, 2.45) is 0 Å². The Balaban J connectivity index is 1.62. The Morgan fingerprint density at radius 3 is 2.51 bits per heavy atom. The van der Waals surface area contributed by atoms with Crippen LogP contribution in [0.2, 0.25) is 25.7 Å². The first kappa shape index (κ1) is 27.7. The van der Waals surface area contributed by atoms with Crippen molar-refractivity contribution < 1.29 is 26.7 Å². The van der Waals surface area contributed by atoms with Crippen LogP contribution in [0.3, 0.4) is 0 Å². The summed E-state index contributed by atoms with van der Waals surface area (Å²) in [6.45, 7) is 7.39. The highest BCUT2D eigenvalue weighted by Crippen LogP contribution is 2.29. The van der Waals surface area contributed by atoms with Crippen molar-refractivity contribution in [3.8, 4) is 5.88 Å². The van der Waals surface area contributed by atoms with E-state index in [1.54, 1.807) is 29.7 Å². The fourth-order valence-electron chi connectivity index (χ4n) is 3.04. The summed E-state index contributed by atoms with van der Waals surface area (Å²) in [6, 6.07) is 10.5. The number of pyridine rings is 1. The predicted molar refractivity (Wildman–Crippen MR) is 138 cm³/mol. The Labute approximate surface area is 214 Å². The summed E-state index contributed by atoms with van der Waals surface area (Å²) in [5, 5.41) is 0.802. The number of ether oxygens (including phenoxy) is 2. The van der Waals surface area contributed by atoms with Gasteiger partial charge in [0, 0.05) is 26.3 Å². The summed E-state index contributed by atoms with van der Waals surface area (Å²) < 4.78 is 68.8. The molecule has 0 amide bonds. The summed E-state index contributed by atoms with van der Waals surface area (Å²) >= 11 is 3.31. The summed E-state index contributed by atoms with van der Waals surface area (Å²) in [7, 11) is -5.28. The van der Waals surface area contributed by atoms with E-state index in [4.69, 9.17) is 9.47 Å². The summed E-state index contributed by atoms with van der Waals surface area (Å²) in [5.41, 5.74) is 1.40. The maximum atomic E-state index is 14.5. The van der Waals surface area contributed by atoms with Crippen molar-refractivity contribution in [2.45, 2.75) is 50.2 Å². The number of rotatable bonds is 12. The molecule has 0 aliphatic heterocycles. The molecule has 0 spiro atoms. The second kappa shape index (κ2) is 11.0. The van der Waals surface area contributed by atoms with E-state index in [2.05, 4.69) is 40.6 Å². The third-order valence-corrected chi connectivity index (χ3v) is 8.85. The monoisotopic (exact) mass is 589 g/mol. The van der Waals surface area contributed by atoms with E-state index in [9.17, 15) is 17.2 Å². The van der Waals surface area contributed by atoms with Crippen molar-refractivity contribution in [2.75, 3.05) is 19.8 Å². The lowest BCUT2D eigenvalue weighted by Gasteiger charge is -2.18. The van der Waals surface area contributed by atoms with E-state index in [-0.39, 0.29) is 10.8 Å². The molecule has 35 heavy (non-hydrogen) atoms. The van der Waals surface area contributed by atoms with Gasteiger partial charge in [-0.3, -0.25) is 0 Å². The summed E-state index contributed by atoms with van der Waals surface area (Å²) in [4.78, 5) is 4.30. The van der Waals surface area contributed by atoms with Gasteiger partial charge in [-0.2, -0.15) is 4.98 Å². The third kappa shape index (κ3) is 8.07. The highest BCUT2D eigenvalue weighted by atomic mass is 79.9. The quantitative estimate of drug-likeness (QED) is 0.225. The van der Waals surface area contributed by atoms with Crippen LogP contribution < -0.4 is 9.46 Å². The zero-order valence-electron chi connectivity index (χ0n) is 20.1. The van der Waals surface area contributed by atoms with E-state index < -0.39 is 37.2 Å². The zero-order valence-corrected chi connectivity index (χ0v) is 23.5. The van der Waals surface area contributed by atoms with E-state index in [0.29, 0.717) is 23.5 Å². The lowest BCUT2D eigenvalue weighted by molar-refractivity contribution is -0.0362. The Morgan fingerprint density at radius 1 is 1.17 bits per heavy atom. The van der Waals surface area contributed by atoms with Gasteiger partial charge in [0.2, 0.25) is 15.9 Å². The molecule has 3 rings (SSSR count). The lowest BCUT2D eigenvalue weighted by atomic mass is 10.2. The normalized spacial score (nSPS) is 12.9. The Bertz CT molecular complexity index is 1260. The zero-order chi connectivity index (χ0) is 25.9. The van der Waals surface area contributed by atoms with Gasteiger partial charge >= 0.3 is 0 Å². The summed E-state index contributed by atoms with van der Waals surface area (Å²) in [5.74, 6) is -3.48. The van der Waals surface area contributed by atoms with Crippen molar-refractivity contribution in [3.63, 3.8) is 0 Å². The smallest absolute Gasteiger partial charge is 0.294 e. The number of sulfonamides is 1. The molecule has 0 aliphatic rings. The molecule has 1 N–H and O–H groups in total. The minimum atomic E-state index is -4.07. The molecule has 0 bridgehead atoms. The van der Waals surface area contributed by atoms with E-state index in [0.717, 1.165) is 17.0 Å². The molecule has 0 aliphatic carbocycles. The molecular weight excluding hydrogens is 560 g/mol. The Kier molecular flexibility index (Phi) is 8.74. The molecule has 7 nitrogen and oxygen atoms in total. The molecule has 0 saturated carbocycles. The van der Waals surface area contributed by atoms with E-state index in [1.807, 2.05) is 17.0 Å². The number of aryl methyl sites for hydroxylation is 1. The van der Waals surface area contributed by atoms with Crippen LogP contribution in [0.15, 0.2) is 52.0 Å². The van der Waals surface area contributed by atoms with E-state index in [1.165, 1.54) is 12.1 Å². The van der Waals surface area contributed by atoms with Crippen LogP contribution in [0.4, 0.5) is 8.78 Å². The SMILES string of the molecule is Cc1ccc(S(=O)(=O)NCC(F)(F)COc2nc3c(ccn3COCC[Si](C)(C)C)cc2Br)cc1. The van der Waals surface area contributed by atoms with Crippen molar-refractivity contribution >= 4 is 45.1 Å². The largest absolute Gasteiger partial charge is 0.470 e. The minimum absolute atomic E-state index is 0.0133. The number of nitrogens with zero attached hydrogens (tertiary/aromatic N) is 2. The maximum absolute atomic E-state index is 14.5. The molecule has 0 saturated heterocycles. The standard InChI is InChI=1S/C23H30BrF2N3O4SSi/c1-17-5-7-19(8-6-17)34(30,31)27-14-23(25,26)15-33-22-20(24)13-18-9-10-29(21(18)28-22)16-32-11-12-35(2,3)4/h5-10,13,27H,11-12,14-16H2,1-4H3. The van der Waals surface area contributed by atoms with Gasteiger partial charge < -0.3 is 14.0 Å². The molecule has 0 atom stereocenters. The number of hydrogen-bond acceptors (Lipinski definition) is 5. The molecule has 0 radical (unpaired) electrons. The first-order chi connectivity index (χ1) is 16.3. The Hall–Kier alpha value is -1.86. The van der Waals surface area contributed by atoms with Crippen LogP contribution in [0.5, 0.6) is 5.88 Å². The highest BCUT2D eigenvalue weighted by Gasteiger charge is 2.33. The van der Waals surface area contributed by atoms with Crippen LogP contribution in [-0.4, -0.2) is 51.7 Å². The molecule has 192 valence electrons. The third-order valence-electron chi connectivity index (χ3n) is 5.16. The van der Waals surface area contributed by atoms with Crippen molar-refractivity contribution in [1.29, 1.82) is 0 Å². The van der Waals surface area contributed by atoms with Gasteiger partial charge in [0.15, 0.2) is 6.61 Å². The number of aromatic nitrogens is 2. The highest BCUT2D eigenvalue weighted by molar-refractivity contribution is 9.10. The first-order valence-electron chi connectivity index (χ1n) is 11.1. The van der Waals surface area contributed by atoms with Crippen molar-refractivity contribution in [1.82, 2.24) is 14.3 Å². The second-order valence-corrected chi connectivity index (χ2v) is 17.8. The first-order valence-corrected chi connectivity index (χ1v) is 17.0. The van der Waals surface area contributed by atoms with Gasteiger partial charge in [0.25, 0.3) is 5.92 Å². The fourth-order valence-corrected chi connectivity index (χ4v) is 5.31. The van der Waals surface area contributed by atoms with Gasteiger partial charge in [0.05, 0.1) is 15.9 Å². The van der Waals surface area contributed by atoms with Crippen LogP contribution in [-0.2, 0) is 21.5 Å². The van der Waals surface area contributed by atoms with Gasteiger partial charge in [-0.05, 0) is 53.2 Å². The number of nitrogens with one attached hydrogen (secondary N) is 1. The number of benzene rings is 1. The van der Waals surface area contributed by atoms with Crippen molar-refractivity contribution in [3.05, 3.63) is 52.6 Å². The maximum Gasteiger partial charge on any atom is 0.294 e. The van der Waals surface area contributed by atoms with Crippen LogP contribution in [0.1, 0.15) is 5.56 Å². The lowest BCUT2D eigenvalue weighted by Crippen LogP contribution is -2.40. The number of hydrogen-bond donors (Lipinski definition) is 1. The van der Waals surface area contributed by atoms with Gasteiger partial charge in [-0.15, -0.1) is 0 Å². The second-order valence-electron chi connectivity index (χ2n) is 9.60. The molecule has 2 heterocycles. The molecule has 3 aromatic rings. The Morgan fingerprint density at radius 2 is 1.86 bits per heavy atom. The van der Waals surface area contributed by atoms with Crippen LogP contribution in [0.25, 0.3) is 11.0 Å². The molecule has 2 aromatic heterocycles. The number of alkyl halides is 2. The molecule has 0 fully saturated rings. The van der Waals surface area contributed by atoms with Crippen LogP contribution in [0, 0.1) is 6.92 Å². The summed E-state index contributed by atoms with van der Waals surface area (Å²) in [6.07, 6.45) is 1.82. The predicted octanol–water partition coefficient (Wildman–Crippen LogP) is 5.41. The number of fused-ring (bicyclic) bond motifs is 1. The minimum Gasteiger partial charge on any atom is -0.470 e. The molecular formula is C23H30BrF2N3O4SSi. The molecule has 0 unspecified atom stereocenters. The van der Waals surface area contributed by atoms with E-state index >= 15 is 0 Å². The average molecular weight is 591 g/mol. The average Bonchev–Trinajstić information content (AvgIpc) is 3.15. The van der Waals surface area contributed by atoms with Gasteiger partial charge in [-0.1, -0.05) is 37.3 Å². The fraction of sp³-hybridized carbons (Fsp3) is 0.435. The molecule has 1 aromatic carbocycles.